The van der Waals surface area contributed by atoms with E-state index in [0.717, 1.165) is 21.3 Å². The number of nitrogens with zero attached hydrogens (tertiary/aromatic N) is 2. The molecule has 0 radical (unpaired) electrons. The van der Waals surface area contributed by atoms with Gasteiger partial charge >= 0.3 is 0 Å². The number of halogens is 1. The summed E-state index contributed by atoms with van der Waals surface area (Å²) in [5.41, 5.74) is 3.21. The zero-order valence-electron chi connectivity index (χ0n) is 11.9. The molecule has 0 aliphatic carbocycles. The smallest absolute Gasteiger partial charge is 0.134 e. The number of thiazole rings is 1. The van der Waals surface area contributed by atoms with E-state index in [9.17, 15) is 10.4 Å². The fourth-order valence-electron chi connectivity index (χ4n) is 2.03. The highest BCUT2D eigenvalue weighted by Crippen LogP contribution is 2.28. The molecule has 1 N–H and O–H groups in total. The highest BCUT2D eigenvalue weighted by Gasteiger charge is 2.09. The zero-order valence-corrected chi connectivity index (χ0v) is 14.3. The van der Waals surface area contributed by atoms with Crippen molar-refractivity contribution in [1.29, 1.82) is 5.26 Å². The second kappa shape index (κ2) is 6.78. The van der Waals surface area contributed by atoms with E-state index in [-0.39, 0.29) is 5.75 Å². The summed E-state index contributed by atoms with van der Waals surface area (Å²) in [7, 11) is 0. The molecule has 0 aliphatic rings. The molecule has 1 aromatic heterocycles. The Kier molecular flexibility index (Phi) is 4.56. The maximum Gasteiger partial charge on any atom is 0.134 e. The van der Waals surface area contributed by atoms with Gasteiger partial charge in [-0.15, -0.1) is 11.3 Å². The SMILES string of the molecule is N#C/C(=C\c1ccc(O)cc1)c1nc(-c2ccc(Br)cc2)cs1. The molecule has 5 heteroatoms. The lowest BCUT2D eigenvalue weighted by atomic mass is 10.1. The van der Waals surface area contributed by atoms with Gasteiger partial charge in [-0.25, -0.2) is 4.98 Å². The lowest BCUT2D eigenvalue weighted by Crippen LogP contribution is -1.83. The number of phenolic OH excluding ortho intramolecular Hbond substituents is 1. The summed E-state index contributed by atoms with van der Waals surface area (Å²) in [5.74, 6) is 0.201. The summed E-state index contributed by atoms with van der Waals surface area (Å²) in [5, 5.41) is 21.3. The van der Waals surface area contributed by atoms with Crippen molar-refractivity contribution >= 4 is 38.9 Å². The van der Waals surface area contributed by atoms with Gasteiger partial charge in [0, 0.05) is 15.4 Å². The Bertz CT molecular complexity index is 890. The molecule has 112 valence electrons. The predicted molar refractivity (Wildman–Crippen MR) is 96.8 cm³/mol. The Labute approximate surface area is 146 Å². The van der Waals surface area contributed by atoms with E-state index < -0.39 is 0 Å². The number of hydrogen-bond acceptors (Lipinski definition) is 4. The molecule has 0 bridgehead atoms. The van der Waals surface area contributed by atoms with Gasteiger partial charge in [0.15, 0.2) is 0 Å². The third-order valence-electron chi connectivity index (χ3n) is 3.20. The van der Waals surface area contributed by atoms with Crippen LogP contribution in [0.2, 0.25) is 0 Å². The van der Waals surface area contributed by atoms with Crippen molar-refractivity contribution in [2.45, 2.75) is 0 Å². The first kappa shape index (κ1) is 15.5. The average molecular weight is 383 g/mol. The molecule has 0 unspecified atom stereocenters. The van der Waals surface area contributed by atoms with Gasteiger partial charge < -0.3 is 5.11 Å². The van der Waals surface area contributed by atoms with Crippen molar-refractivity contribution in [3.63, 3.8) is 0 Å². The second-order valence-electron chi connectivity index (χ2n) is 4.81. The number of aromatic nitrogens is 1. The van der Waals surface area contributed by atoms with Crippen molar-refractivity contribution < 1.29 is 5.11 Å². The Balaban J connectivity index is 1.92. The summed E-state index contributed by atoms with van der Waals surface area (Å²) in [6.45, 7) is 0. The highest BCUT2D eigenvalue weighted by atomic mass is 79.9. The first-order valence-corrected chi connectivity index (χ1v) is 8.45. The maximum absolute atomic E-state index is 9.40. The molecule has 0 saturated heterocycles. The third-order valence-corrected chi connectivity index (χ3v) is 4.60. The van der Waals surface area contributed by atoms with E-state index in [2.05, 4.69) is 27.0 Å². The highest BCUT2D eigenvalue weighted by molar-refractivity contribution is 9.10. The van der Waals surface area contributed by atoms with Crippen LogP contribution in [0.5, 0.6) is 5.75 Å². The standard InChI is InChI=1S/C18H11BrN2OS/c19-15-5-3-13(4-6-15)17-11-23-18(21-17)14(10-20)9-12-1-7-16(22)8-2-12/h1-9,11,22H/b14-9+. The molecule has 0 amide bonds. The molecular weight excluding hydrogens is 372 g/mol. The van der Waals surface area contributed by atoms with E-state index in [1.54, 1.807) is 30.3 Å². The largest absolute Gasteiger partial charge is 0.508 e. The molecule has 3 nitrogen and oxygen atoms in total. The molecule has 2 aromatic carbocycles. The lowest BCUT2D eigenvalue weighted by Gasteiger charge is -1.97. The number of benzene rings is 2. The van der Waals surface area contributed by atoms with Crippen LogP contribution in [0.25, 0.3) is 22.9 Å². The molecule has 0 aliphatic heterocycles. The van der Waals surface area contributed by atoms with Crippen LogP contribution in [0.15, 0.2) is 58.4 Å². The first-order valence-electron chi connectivity index (χ1n) is 6.78. The quantitative estimate of drug-likeness (QED) is 0.621. The topological polar surface area (TPSA) is 56.9 Å². The van der Waals surface area contributed by atoms with Crippen LogP contribution >= 0.6 is 27.3 Å². The monoisotopic (exact) mass is 382 g/mol. The molecular formula is C18H11BrN2OS. The Morgan fingerprint density at radius 3 is 2.48 bits per heavy atom. The molecule has 3 rings (SSSR count). The normalized spacial score (nSPS) is 11.2. The Hall–Kier alpha value is -2.42. The van der Waals surface area contributed by atoms with Crippen LogP contribution in [0, 0.1) is 11.3 Å². The lowest BCUT2D eigenvalue weighted by molar-refractivity contribution is 0.475. The van der Waals surface area contributed by atoms with Gasteiger partial charge in [-0.05, 0) is 35.9 Å². The van der Waals surface area contributed by atoms with Crippen LogP contribution in [-0.2, 0) is 0 Å². The molecule has 0 atom stereocenters. The summed E-state index contributed by atoms with van der Waals surface area (Å²) < 4.78 is 1.02. The van der Waals surface area contributed by atoms with Crippen LogP contribution in [0.3, 0.4) is 0 Å². The average Bonchev–Trinajstić information content (AvgIpc) is 3.05. The number of allylic oxidation sites excluding steroid dienone is 1. The molecule has 0 fully saturated rings. The van der Waals surface area contributed by atoms with Crippen LogP contribution in [-0.4, -0.2) is 10.1 Å². The number of rotatable bonds is 3. The zero-order chi connectivity index (χ0) is 16.2. The number of nitriles is 1. The minimum atomic E-state index is 0.201. The van der Waals surface area contributed by atoms with Gasteiger partial charge in [0.1, 0.15) is 16.8 Å². The van der Waals surface area contributed by atoms with Gasteiger partial charge in [-0.1, -0.05) is 40.2 Å². The second-order valence-corrected chi connectivity index (χ2v) is 6.58. The van der Waals surface area contributed by atoms with Crippen molar-refractivity contribution in [2.24, 2.45) is 0 Å². The maximum atomic E-state index is 9.40. The number of aromatic hydroxyl groups is 1. The number of hydrogen-bond donors (Lipinski definition) is 1. The fraction of sp³-hybridized carbons (Fsp3) is 0. The third kappa shape index (κ3) is 3.67. The van der Waals surface area contributed by atoms with E-state index >= 15 is 0 Å². The fourth-order valence-corrected chi connectivity index (χ4v) is 3.09. The number of phenols is 1. The van der Waals surface area contributed by atoms with Gasteiger partial charge in [-0.3, -0.25) is 0 Å². The Morgan fingerprint density at radius 2 is 1.83 bits per heavy atom. The molecule has 1 heterocycles. The van der Waals surface area contributed by atoms with Crippen molar-refractivity contribution in [2.75, 3.05) is 0 Å². The van der Waals surface area contributed by atoms with E-state index in [0.29, 0.717) is 10.6 Å². The summed E-state index contributed by atoms with van der Waals surface area (Å²) in [6, 6.07) is 16.8. The minimum absolute atomic E-state index is 0.201. The summed E-state index contributed by atoms with van der Waals surface area (Å²) >= 11 is 4.85. The molecule has 0 spiro atoms. The van der Waals surface area contributed by atoms with Crippen LogP contribution in [0.4, 0.5) is 0 Å². The molecule has 3 aromatic rings. The van der Waals surface area contributed by atoms with Crippen molar-refractivity contribution in [1.82, 2.24) is 4.98 Å². The van der Waals surface area contributed by atoms with Gasteiger partial charge in [0.05, 0.1) is 11.3 Å². The van der Waals surface area contributed by atoms with Crippen molar-refractivity contribution in [3.8, 4) is 23.1 Å². The first-order chi connectivity index (χ1) is 11.2. The van der Waals surface area contributed by atoms with Gasteiger partial charge in [-0.2, -0.15) is 5.26 Å². The molecule has 0 saturated carbocycles. The summed E-state index contributed by atoms with van der Waals surface area (Å²) in [4.78, 5) is 4.56. The minimum Gasteiger partial charge on any atom is -0.508 e. The van der Waals surface area contributed by atoms with Crippen LogP contribution < -0.4 is 0 Å². The van der Waals surface area contributed by atoms with Crippen LogP contribution in [0.1, 0.15) is 10.6 Å². The van der Waals surface area contributed by atoms with E-state index in [1.807, 2.05) is 29.6 Å². The molecule has 23 heavy (non-hydrogen) atoms. The summed E-state index contributed by atoms with van der Waals surface area (Å²) in [6.07, 6.45) is 1.77. The van der Waals surface area contributed by atoms with Crippen molar-refractivity contribution in [3.05, 3.63) is 69.0 Å². The van der Waals surface area contributed by atoms with E-state index in [4.69, 9.17) is 0 Å². The predicted octanol–water partition coefficient (Wildman–Crippen LogP) is 5.34. The van der Waals surface area contributed by atoms with Gasteiger partial charge in [0.2, 0.25) is 0 Å². The van der Waals surface area contributed by atoms with Gasteiger partial charge in [0.25, 0.3) is 0 Å². The van der Waals surface area contributed by atoms with E-state index in [1.165, 1.54) is 11.3 Å². The Morgan fingerprint density at radius 1 is 1.13 bits per heavy atom.